The number of aromatic nitrogens is 1. The molecule has 1 N–H and O–H groups in total. The number of urea groups is 1. The molecule has 2 fully saturated rings. The fraction of sp³-hybridized carbons (Fsp3) is 0.571. The molecule has 1 aromatic rings. The van der Waals surface area contributed by atoms with Crippen LogP contribution in [0.4, 0.5) is 16.2 Å². The molecule has 7 heteroatoms. The maximum absolute atomic E-state index is 12.5. The highest BCUT2D eigenvalue weighted by molar-refractivity contribution is 5.91. The minimum Gasteiger partial charge on any atom is -0.321 e. The summed E-state index contributed by atoms with van der Waals surface area (Å²) < 4.78 is 0. The summed E-state index contributed by atoms with van der Waals surface area (Å²) in [6.45, 7) is 0.728. The number of nitrogens with one attached hydrogen (secondary N) is 1. The van der Waals surface area contributed by atoms with E-state index in [1.165, 1.54) is 25.1 Å². The highest BCUT2D eigenvalue weighted by Crippen LogP contribution is 2.37. The summed E-state index contributed by atoms with van der Waals surface area (Å²) in [4.78, 5) is 28.5. The van der Waals surface area contributed by atoms with Gasteiger partial charge < -0.3 is 10.2 Å². The number of rotatable bonds is 2. The molecular formula is C14H18N4O3. The minimum atomic E-state index is -0.531. The number of amides is 2. The Kier molecular flexibility index (Phi) is 3.72. The van der Waals surface area contributed by atoms with Crippen LogP contribution in [0.1, 0.15) is 32.1 Å². The fourth-order valence-corrected chi connectivity index (χ4v) is 3.53. The molecule has 2 amide bonds. The number of carbonyl (C=O) groups is 1. The van der Waals surface area contributed by atoms with Crippen LogP contribution in [0.15, 0.2) is 18.5 Å². The molecule has 0 radical (unpaired) electrons. The highest BCUT2D eigenvalue weighted by atomic mass is 16.6. The number of nitro groups is 1. The van der Waals surface area contributed by atoms with E-state index in [2.05, 4.69) is 10.3 Å². The summed E-state index contributed by atoms with van der Waals surface area (Å²) in [5.74, 6) is 0.594. The lowest BCUT2D eigenvalue weighted by molar-refractivity contribution is -0.384. The van der Waals surface area contributed by atoms with Gasteiger partial charge in [-0.2, -0.15) is 0 Å². The average Bonchev–Trinajstić information content (AvgIpc) is 2.95. The van der Waals surface area contributed by atoms with Crippen LogP contribution < -0.4 is 5.32 Å². The number of pyridine rings is 1. The van der Waals surface area contributed by atoms with Gasteiger partial charge in [0.25, 0.3) is 0 Å². The smallest absolute Gasteiger partial charge is 0.321 e. The normalized spacial score (nSPS) is 24.5. The van der Waals surface area contributed by atoms with Gasteiger partial charge in [0.05, 0.1) is 4.92 Å². The molecule has 2 aliphatic rings. The Labute approximate surface area is 122 Å². The van der Waals surface area contributed by atoms with Crippen molar-refractivity contribution in [3.05, 3.63) is 28.6 Å². The maximum Gasteiger partial charge on any atom is 0.322 e. The van der Waals surface area contributed by atoms with Crippen molar-refractivity contribution < 1.29 is 9.72 Å². The van der Waals surface area contributed by atoms with Crippen LogP contribution in [0, 0.1) is 16.0 Å². The van der Waals surface area contributed by atoms with Crippen molar-refractivity contribution in [3.63, 3.8) is 0 Å². The number of likely N-dealkylation sites (tertiary alicyclic amines) is 1. The monoisotopic (exact) mass is 290 g/mol. The molecule has 2 unspecified atom stereocenters. The molecule has 1 saturated heterocycles. The average molecular weight is 290 g/mol. The number of fused-ring (bicyclic) bond motifs is 1. The van der Waals surface area contributed by atoms with Gasteiger partial charge in [-0.1, -0.05) is 6.42 Å². The Morgan fingerprint density at radius 1 is 1.38 bits per heavy atom. The first-order chi connectivity index (χ1) is 10.2. The maximum atomic E-state index is 12.5. The van der Waals surface area contributed by atoms with Crippen molar-refractivity contribution in [1.29, 1.82) is 0 Å². The molecule has 2 atom stereocenters. The molecule has 1 aliphatic heterocycles. The zero-order valence-corrected chi connectivity index (χ0v) is 11.7. The zero-order valence-electron chi connectivity index (χ0n) is 11.7. The van der Waals surface area contributed by atoms with Crippen molar-refractivity contribution in [2.24, 2.45) is 5.92 Å². The molecule has 2 heterocycles. The Hall–Kier alpha value is -2.18. The van der Waals surface area contributed by atoms with Crippen molar-refractivity contribution in [2.45, 2.75) is 38.1 Å². The van der Waals surface area contributed by atoms with E-state index in [-0.39, 0.29) is 17.4 Å². The van der Waals surface area contributed by atoms with Crippen molar-refractivity contribution in [1.82, 2.24) is 9.88 Å². The van der Waals surface area contributed by atoms with E-state index in [1.807, 2.05) is 4.90 Å². The van der Waals surface area contributed by atoms with Crippen LogP contribution >= 0.6 is 0 Å². The second-order valence-corrected chi connectivity index (χ2v) is 5.67. The summed E-state index contributed by atoms with van der Waals surface area (Å²) in [5, 5.41) is 13.6. The van der Waals surface area contributed by atoms with Gasteiger partial charge in [-0.15, -0.1) is 0 Å². The van der Waals surface area contributed by atoms with Crippen LogP contribution in [-0.2, 0) is 0 Å². The highest BCUT2D eigenvalue weighted by Gasteiger charge is 2.37. The lowest BCUT2D eigenvalue weighted by Crippen LogP contribution is -2.48. The van der Waals surface area contributed by atoms with Crippen molar-refractivity contribution in [3.8, 4) is 0 Å². The third-order valence-corrected chi connectivity index (χ3v) is 4.49. The molecule has 1 saturated carbocycles. The standard InChI is InChI=1S/C14H18N4O3/c19-14(16-11-6-7-15-9-13(11)18(20)21)17-8-2-4-10-3-1-5-12(10)17/h6-7,9-10,12H,1-5,8H2,(H,15,16,19). The van der Waals surface area contributed by atoms with Gasteiger partial charge in [-0.25, -0.2) is 4.79 Å². The van der Waals surface area contributed by atoms with Crippen LogP contribution in [0.2, 0.25) is 0 Å². The number of piperidine rings is 1. The summed E-state index contributed by atoms with van der Waals surface area (Å²) in [6.07, 6.45) is 8.17. The van der Waals surface area contributed by atoms with Crippen LogP contribution in [0.5, 0.6) is 0 Å². The van der Waals surface area contributed by atoms with E-state index < -0.39 is 4.92 Å². The van der Waals surface area contributed by atoms with Crippen LogP contribution in [0.3, 0.4) is 0 Å². The second-order valence-electron chi connectivity index (χ2n) is 5.67. The number of nitrogens with zero attached hydrogens (tertiary/aromatic N) is 3. The first-order valence-electron chi connectivity index (χ1n) is 7.33. The fourth-order valence-electron chi connectivity index (χ4n) is 3.53. The Morgan fingerprint density at radius 3 is 3.00 bits per heavy atom. The van der Waals surface area contributed by atoms with Gasteiger partial charge in [0.2, 0.25) is 0 Å². The second kappa shape index (κ2) is 5.67. The van der Waals surface area contributed by atoms with Crippen LogP contribution in [-0.4, -0.2) is 33.4 Å². The first-order valence-corrected chi connectivity index (χ1v) is 7.33. The summed E-state index contributed by atoms with van der Waals surface area (Å²) in [7, 11) is 0. The minimum absolute atomic E-state index is 0.175. The van der Waals surface area contributed by atoms with Gasteiger partial charge in [-0.3, -0.25) is 15.1 Å². The van der Waals surface area contributed by atoms with Gasteiger partial charge in [0.1, 0.15) is 11.9 Å². The Morgan fingerprint density at radius 2 is 2.19 bits per heavy atom. The largest absolute Gasteiger partial charge is 0.322 e. The van der Waals surface area contributed by atoms with E-state index in [0.29, 0.717) is 12.0 Å². The summed E-state index contributed by atoms with van der Waals surface area (Å²) >= 11 is 0. The molecule has 112 valence electrons. The molecule has 3 rings (SSSR count). The van der Waals surface area contributed by atoms with E-state index in [1.54, 1.807) is 0 Å². The van der Waals surface area contributed by atoms with Gasteiger partial charge in [-0.05, 0) is 37.7 Å². The molecule has 21 heavy (non-hydrogen) atoms. The zero-order chi connectivity index (χ0) is 14.8. The van der Waals surface area contributed by atoms with E-state index >= 15 is 0 Å². The number of hydrogen-bond donors (Lipinski definition) is 1. The molecule has 1 aliphatic carbocycles. The van der Waals surface area contributed by atoms with Crippen molar-refractivity contribution >= 4 is 17.4 Å². The predicted molar refractivity (Wildman–Crippen MR) is 77.0 cm³/mol. The number of hydrogen-bond acceptors (Lipinski definition) is 4. The van der Waals surface area contributed by atoms with E-state index in [9.17, 15) is 14.9 Å². The Bertz CT molecular complexity index is 563. The topological polar surface area (TPSA) is 88.4 Å². The molecule has 0 aromatic carbocycles. The van der Waals surface area contributed by atoms with Gasteiger partial charge >= 0.3 is 11.7 Å². The SMILES string of the molecule is O=C(Nc1ccncc1[N+](=O)[O-])N1CCCC2CCCC21. The quantitative estimate of drug-likeness (QED) is 0.670. The Balaban J connectivity index is 1.76. The number of carbonyl (C=O) groups excluding carboxylic acids is 1. The van der Waals surface area contributed by atoms with Gasteiger partial charge in [0, 0.05) is 18.8 Å². The molecular weight excluding hydrogens is 272 g/mol. The third kappa shape index (κ3) is 2.68. The van der Waals surface area contributed by atoms with E-state index in [4.69, 9.17) is 0 Å². The predicted octanol–water partition coefficient (Wildman–Crippen LogP) is 2.79. The molecule has 7 nitrogen and oxygen atoms in total. The molecule has 0 spiro atoms. The first kappa shape index (κ1) is 13.8. The van der Waals surface area contributed by atoms with Crippen molar-refractivity contribution in [2.75, 3.05) is 11.9 Å². The third-order valence-electron chi connectivity index (χ3n) is 4.49. The van der Waals surface area contributed by atoms with Crippen LogP contribution in [0.25, 0.3) is 0 Å². The lowest BCUT2D eigenvalue weighted by Gasteiger charge is -2.37. The summed E-state index contributed by atoms with van der Waals surface area (Å²) in [5.41, 5.74) is 0.0333. The lowest BCUT2D eigenvalue weighted by atomic mass is 9.92. The number of anilines is 1. The molecule has 1 aromatic heterocycles. The molecule has 0 bridgehead atoms. The van der Waals surface area contributed by atoms with Gasteiger partial charge in [0.15, 0.2) is 0 Å². The van der Waals surface area contributed by atoms with E-state index in [0.717, 1.165) is 32.0 Å². The summed E-state index contributed by atoms with van der Waals surface area (Å²) in [6, 6.07) is 1.52.